The van der Waals surface area contributed by atoms with E-state index in [4.69, 9.17) is 9.15 Å². The van der Waals surface area contributed by atoms with E-state index in [-0.39, 0.29) is 0 Å². The maximum atomic E-state index is 6.78. The second kappa shape index (κ2) is 9.57. The molecule has 0 saturated heterocycles. The molecule has 1 spiro atoms. The Morgan fingerprint density at radius 1 is 0.438 bits per heavy atom. The Kier molecular flexibility index (Phi) is 5.22. The molecule has 3 heteroatoms. The van der Waals surface area contributed by atoms with E-state index >= 15 is 0 Å². The van der Waals surface area contributed by atoms with Gasteiger partial charge in [0.15, 0.2) is 0 Å². The summed E-state index contributed by atoms with van der Waals surface area (Å²) in [4.78, 5) is 2.41. The van der Waals surface area contributed by atoms with Gasteiger partial charge in [-0.3, -0.25) is 0 Å². The normalized spacial score (nSPS) is 13.8. The van der Waals surface area contributed by atoms with Gasteiger partial charge in [0.2, 0.25) is 0 Å². The third-order valence-corrected chi connectivity index (χ3v) is 11.6. The van der Waals surface area contributed by atoms with Gasteiger partial charge in [0, 0.05) is 37.2 Å². The second-order valence-electron chi connectivity index (χ2n) is 12.8. The smallest absolute Gasteiger partial charge is 0.136 e. The Bertz CT molecular complexity index is 2730. The minimum absolute atomic E-state index is 0.447. The van der Waals surface area contributed by atoms with Gasteiger partial charge in [-0.05, 0) is 75.0 Å². The lowest BCUT2D eigenvalue weighted by Gasteiger charge is -2.39. The molecule has 2 aliphatic rings. The Labute approximate surface area is 281 Å². The first kappa shape index (κ1) is 26.2. The van der Waals surface area contributed by atoms with Gasteiger partial charge in [-0.15, -0.1) is 11.3 Å². The summed E-state index contributed by atoms with van der Waals surface area (Å²) in [6.07, 6.45) is 0. The van der Waals surface area contributed by atoms with Crippen LogP contribution in [0.1, 0.15) is 22.3 Å². The lowest BCUT2D eigenvalue weighted by molar-refractivity contribution is 0.436. The largest absolute Gasteiger partial charge is 0.457 e. The van der Waals surface area contributed by atoms with Crippen molar-refractivity contribution in [3.05, 3.63) is 180 Å². The molecule has 1 aliphatic carbocycles. The fourth-order valence-electron chi connectivity index (χ4n) is 8.44. The number of para-hydroxylation sites is 1. The minimum atomic E-state index is -0.447. The summed E-state index contributed by atoms with van der Waals surface area (Å²) >= 11 is 1.81. The molecule has 0 unspecified atom stereocenters. The van der Waals surface area contributed by atoms with Crippen molar-refractivity contribution < 1.29 is 9.15 Å². The summed E-state index contributed by atoms with van der Waals surface area (Å²) < 4.78 is 13.2. The van der Waals surface area contributed by atoms with E-state index in [0.717, 1.165) is 28.2 Å². The first-order valence-electron chi connectivity index (χ1n) is 16.3. The maximum Gasteiger partial charge on any atom is 0.136 e. The highest BCUT2D eigenvalue weighted by Gasteiger charge is 2.50. The van der Waals surface area contributed by atoms with Crippen LogP contribution in [0, 0.1) is 0 Å². The van der Waals surface area contributed by atoms with Crippen molar-refractivity contribution in [2.75, 3.05) is 0 Å². The van der Waals surface area contributed by atoms with Crippen molar-refractivity contribution in [1.82, 2.24) is 0 Å². The first-order valence-corrected chi connectivity index (χ1v) is 17.2. The fraction of sp³-hybridized carbons (Fsp3) is 0.0222. The summed E-state index contributed by atoms with van der Waals surface area (Å²) in [5, 5.41) is 4.78. The van der Waals surface area contributed by atoms with Crippen molar-refractivity contribution in [3.8, 4) is 43.5 Å². The van der Waals surface area contributed by atoms with Crippen molar-refractivity contribution >= 4 is 44.0 Å². The average molecular weight is 631 g/mol. The van der Waals surface area contributed by atoms with Crippen LogP contribution in [0.3, 0.4) is 0 Å². The predicted octanol–water partition coefficient (Wildman–Crippen LogP) is 12.6. The van der Waals surface area contributed by atoms with Crippen LogP contribution < -0.4 is 4.74 Å². The number of ether oxygens (including phenoxy) is 1. The zero-order chi connectivity index (χ0) is 31.4. The average Bonchev–Trinajstić information content (AvgIpc) is 3.86. The minimum Gasteiger partial charge on any atom is -0.457 e. The molecule has 9 aromatic rings. The van der Waals surface area contributed by atoms with Gasteiger partial charge in [-0.1, -0.05) is 121 Å². The monoisotopic (exact) mass is 630 g/mol. The van der Waals surface area contributed by atoms with Crippen LogP contribution in [-0.2, 0) is 5.41 Å². The first-order chi connectivity index (χ1) is 23.8. The molecule has 0 radical (unpaired) electrons. The third-order valence-electron chi connectivity index (χ3n) is 10.4. The molecule has 3 heterocycles. The number of furan rings is 1. The SMILES string of the molecule is c1ccc2c(c1)Oc1cc(-c3ccc(-c4cccc5oc6ccc7ccccc7c6c45)s3)ccc1C21c2ccccc2-c2ccccc21. The molecule has 0 fully saturated rings. The summed E-state index contributed by atoms with van der Waals surface area (Å²) in [5.41, 5.74) is 11.3. The van der Waals surface area contributed by atoms with Crippen LogP contribution in [-0.4, -0.2) is 0 Å². The van der Waals surface area contributed by atoms with Gasteiger partial charge in [-0.2, -0.15) is 0 Å². The molecule has 11 rings (SSSR count). The van der Waals surface area contributed by atoms with Gasteiger partial charge in [0.1, 0.15) is 22.7 Å². The lowest BCUT2D eigenvalue weighted by Crippen LogP contribution is -2.32. The van der Waals surface area contributed by atoms with Gasteiger partial charge in [0.05, 0.1) is 5.41 Å². The van der Waals surface area contributed by atoms with Gasteiger partial charge in [0.25, 0.3) is 0 Å². The van der Waals surface area contributed by atoms with Gasteiger partial charge in [-0.25, -0.2) is 0 Å². The van der Waals surface area contributed by atoms with Crippen molar-refractivity contribution in [2.24, 2.45) is 0 Å². The lowest BCUT2D eigenvalue weighted by atomic mass is 9.66. The molecular formula is C45H26O2S. The van der Waals surface area contributed by atoms with E-state index in [1.165, 1.54) is 70.2 Å². The maximum absolute atomic E-state index is 6.78. The zero-order valence-electron chi connectivity index (χ0n) is 25.7. The molecule has 0 atom stereocenters. The zero-order valence-corrected chi connectivity index (χ0v) is 26.6. The Balaban J connectivity index is 1.09. The molecule has 0 saturated carbocycles. The van der Waals surface area contributed by atoms with Crippen LogP contribution >= 0.6 is 11.3 Å². The highest BCUT2D eigenvalue weighted by Crippen LogP contribution is 2.62. The number of fused-ring (bicyclic) bond motifs is 14. The summed E-state index contributed by atoms with van der Waals surface area (Å²) in [6.45, 7) is 0. The van der Waals surface area contributed by atoms with Crippen molar-refractivity contribution in [3.63, 3.8) is 0 Å². The van der Waals surface area contributed by atoms with E-state index in [0.29, 0.717) is 0 Å². The van der Waals surface area contributed by atoms with E-state index < -0.39 is 5.41 Å². The van der Waals surface area contributed by atoms with Crippen LogP contribution in [0.2, 0.25) is 0 Å². The highest BCUT2D eigenvalue weighted by molar-refractivity contribution is 7.19. The standard InChI is InChI=1S/C45H26O2S/c1-2-11-29-27(10-1)21-23-39-43(29)44-32(14-9-19-38(44)47-39)42-25-24-41(48-42)28-20-22-36-40(26-28)46-37-18-8-7-17-35(37)45(36)33-15-5-3-12-30(33)31-13-4-6-16-34(31)45/h1-26H. The van der Waals surface area contributed by atoms with Gasteiger partial charge >= 0.3 is 0 Å². The highest BCUT2D eigenvalue weighted by atomic mass is 32.1. The van der Waals surface area contributed by atoms with E-state index in [2.05, 4.69) is 158 Å². The molecule has 224 valence electrons. The van der Waals surface area contributed by atoms with Crippen LogP contribution in [0.25, 0.3) is 64.7 Å². The topological polar surface area (TPSA) is 22.4 Å². The third kappa shape index (κ3) is 3.36. The molecular weight excluding hydrogens is 605 g/mol. The molecule has 2 aromatic heterocycles. The number of benzene rings is 7. The number of thiophene rings is 1. The van der Waals surface area contributed by atoms with E-state index in [1.54, 1.807) is 0 Å². The molecule has 1 aliphatic heterocycles. The number of rotatable bonds is 2. The molecule has 0 bridgehead atoms. The number of hydrogen-bond acceptors (Lipinski definition) is 3. The molecule has 7 aromatic carbocycles. The van der Waals surface area contributed by atoms with Crippen LogP contribution in [0.4, 0.5) is 0 Å². The number of hydrogen-bond donors (Lipinski definition) is 0. The van der Waals surface area contributed by atoms with Crippen LogP contribution in [0.5, 0.6) is 11.5 Å². The van der Waals surface area contributed by atoms with Crippen LogP contribution in [0.15, 0.2) is 162 Å². The van der Waals surface area contributed by atoms with Crippen molar-refractivity contribution in [2.45, 2.75) is 5.41 Å². The Morgan fingerprint density at radius 2 is 1.10 bits per heavy atom. The molecule has 0 amide bonds. The summed E-state index contributed by atoms with van der Waals surface area (Å²) in [7, 11) is 0. The summed E-state index contributed by atoms with van der Waals surface area (Å²) in [5.74, 6) is 1.81. The summed E-state index contributed by atoms with van der Waals surface area (Å²) in [6, 6.07) is 56.8. The Morgan fingerprint density at radius 3 is 1.96 bits per heavy atom. The van der Waals surface area contributed by atoms with Gasteiger partial charge < -0.3 is 9.15 Å². The molecule has 2 nitrogen and oxygen atoms in total. The molecule has 0 N–H and O–H groups in total. The van der Waals surface area contributed by atoms with Crippen molar-refractivity contribution in [1.29, 1.82) is 0 Å². The van der Waals surface area contributed by atoms with E-state index in [9.17, 15) is 0 Å². The predicted molar refractivity (Wildman–Crippen MR) is 197 cm³/mol. The Hall–Kier alpha value is -5.90. The quantitative estimate of drug-likeness (QED) is 0.190. The molecule has 48 heavy (non-hydrogen) atoms. The fourth-order valence-corrected chi connectivity index (χ4v) is 9.48. The van der Waals surface area contributed by atoms with E-state index in [1.807, 2.05) is 11.3 Å². The second-order valence-corrected chi connectivity index (χ2v) is 13.8.